The van der Waals surface area contributed by atoms with Crippen LogP contribution < -0.4 is 0 Å². The zero-order chi connectivity index (χ0) is 14.8. The summed E-state index contributed by atoms with van der Waals surface area (Å²) < 4.78 is 2.18. The third-order valence-electron chi connectivity index (χ3n) is 4.22. The second kappa shape index (κ2) is 5.72. The predicted octanol–water partition coefficient (Wildman–Crippen LogP) is 5.14. The van der Waals surface area contributed by atoms with Gasteiger partial charge in [0.1, 0.15) is 5.82 Å². The molecular weight excluding hydrogens is 256 g/mol. The molecule has 0 saturated carbocycles. The molecule has 0 bridgehead atoms. The Morgan fingerprint density at radius 2 is 1.90 bits per heavy atom. The Balaban J connectivity index is 2.06. The molecule has 0 spiro atoms. The molecular formula is C19H22N2. The van der Waals surface area contributed by atoms with Crippen LogP contribution in [0.4, 0.5) is 0 Å². The molecule has 0 radical (unpaired) electrons. The fraction of sp³-hybridized carbons (Fsp3) is 0.316. The summed E-state index contributed by atoms with van der Waals surface area (Å²) in [6, 6.07) is 17.1. The number of benzene rings is 2. The van der Waals surface area contributed by atoms with Crippen LogP contribution >= 0.6 is 0 Å². The van der Waals surface area contributed by atoms with Crippen LogP contribution in [0.3, 0.4) is 0 Å². The van der Waals surface area contributed by atoms with Crippen molar-refractivity contribution in [3.8, 4) is 11.4 Å². The van der Waals surface area contributed by atoms with Gasteiger partial charge in [-0.05, 0) is 36.1 Å². The Morgan fingerprint density at radius 1 is 1.10 bits per heavy atom. The predicted molar refractivity (Wildman–Crippen MR) is 89.5 cm³/mol. The lowest BCUT2D eigenvalue weighted by Crippen LogP contribution is -1.96. The maximum absolute atomic E-state index is 4.79. The Morgan fingerprint density at radius 3 is 2.67 bits per heavy atom. The fourth-order valence-electron chi connectivity index (χ4n) is 2.99. The lowest BCUT2D eigenvalue weighted by atomic mass is 9.95. The van der Waals surface area contributed by atoms with Crippen LogP contribution in [-0.2, 0) is 7.05 Å². The minimum absolute atomic E-state index is 0.602. The molecule has 0 saturated heterocycles. The van der Waals surface area contributed by atoms with Gasteiger partial charge < -0.3 is 4.57 Å². The van der Waals surface area contributed by atoms with Gasteiger partial charge in [0.2, 0.25) is 0 Å². The van der Waals surface area contributed by atoms with Crippen LogP contribution in [0.1, 0.15) is 38.2 Å². The third-order valence-corrected chi connectivity index (χ3v) is 4.22. The molecule has 3 aromatic rings. The molecule has 2 nitrogen and oxygen atoms in total. The monoisotopic (exact) mass is 278 g/mol. The highest BCUT2D eigenvalue weighted by molar-refractivity contribution is 5.80. The number of para-hydroxylation sites is 2. The van der Waals surface area contributed by atoms with Crippen LogP contribution in [0.15, 0.2) is 48.5 Å². The molecule has 1 aromatic heterocycles. The van der Waals surface area contributed by atoms with Gasteiger partial charge in [-0.2, -0.15) is 0 Å². The highest BCUT2D eigenvalue weighted by Crippen LogP contribution is 2.27. The first-order valence-electron chi connectivity index (χ1n) is 7.72. The van der Waals surface area contributed by atoms with Gasteiger partial charge in [-0.25, -0.2) is 4.98 Å². The van der Waals surface area contributed by atoms with E-state index in [1.54, 1.807) is 0 Å². The standard InChI is InChI=1S/C19H22N2/c1-4-8-14(2)15-9-7-10-16(13-15)19-20-17-11-5-6-12-18(17)21(19)3/h5-7,9-14H,4,8H2,1-3H3/t14-/m1/s1. The smallest absolute Gasteiger partial charge is 0.140 e. The van der Waals surface area contributed by atoms with Crippen LogP contribution in [0, 0.1) is 0 Å². The Labute approximate surface area is 126 Å². The second-order valence-corrected chi connectivity index (χ2v) is 5.80. The van der Waals surface area contributed by atoms with E-state index in [1.807, 2.05) is 6.07 Å². The summed E-state index contributed by atoms with van der Waals surface area (Å²) in [6.45, 7) is 4.54. The van der Waals surface area contributed by atoms with E-state index in [0.717, 1.165) is 11.3 Å². The third kappa shape index (κ3) is 2.58. The van der Waals surface area contributed by atoms with E-state index in [-0.39, 0.29) is 0 Å². The Bertz CT molecular complexity index is 755. The number of aryl methyl sites for hydroxylation is 1. The van der Waals surface area contributed by atoms with E-state index >= 15 is 0 Å². The van der Waals surface area contributed by atoms with E-state index in [9.17, 15) is 0 Å². The molecule has 0 N–H and O–H groups in total. The van der Waals surface area contributed by atoms with E-state index in [1.165, 1.54) is 29.5 Å². The van der Waals surface area contributed by atoms with Crippen molar-refractivity contribution >= 4 is 11.0 Å². The summed E-state index contributed by atoms with van der Waals surface area (Å²) >= 11 is 0. The van der Waals surface area contributed by atoms with E-state index in [0.29, 0.717) is 5.92 Å². The van der Waals surface area contributed by atoms with Crippen LogP contribution in [0.2, 0.25) is 0 Å². The van der Waals surface area contributed by atoms with Gasteiger partial charge in [0, 0.05) is 12.6 Å². The minimum Gasteiger partial charge on any atom is -0.327 e. The van der Waals surface area contributed by atoms with Gasteiger partial charge in [-0.3, -0.25) is 0 Å². The van der Waals surface area contributed by atoms with Gasteiger partial charge in [0.15, 0.2) is 0 Å². The normalized spacial score (nSPS) is 12.7. The maximum atomic E-state index is 4.79. The van der Waals surface area contributed by atoms with Gasteiger partial charge in [0.25, 0.3) is 0 Å². The summed E-state index contributed by atoms with van der Waals surface area (Å²) in [5.74, 6) is 1.64. The fourth-order valence-corrected chi connectivity index (χ4v) is 2.99. The van der Waals surface area contributed by atoms with Crippen molar-refractivity contribution < 1.29 is 0 Å². The van der Waals surface area contributed by atoms with Gasteiger partial charge in [0.05, 0.1) is 11.0 Å². The van der Waals surface area contributed by atoms with Gasteiger partial charge >= 0.3 is 0 Å². The number of nitrogens with zero attached hydrogens (tertiary/aromatic N) is 2. The van der Waals surface area contributed by atoms with Crippen LogP contribution in [-0.4, -0.2) is 9.55 Å². The summed E-state index contributed by atoms with van der Waals surface area (Å²) in [5.41, 5.74) is 4.84. The molecule has 0 fully saturated rings. The van der Waals surface area contributed by atoms with E-state index in [4.69, 9.17) is 4.98 Å². The van der Waals surface area contributed by atoms with Crippen LogP contribution in [0.25, 0.3) is 22.4 Å². The lowest BCUT2D eigenvalue weighted by Gasteiger charge is -2.12. The van der Waals surface area contributed by atoms with Crippen molar-refractivity contribution in [3.63, 3.8) is 0 Å². The van der Waals surface area contributed by atoms with Crippen molar-refractivity contribution in [1.82, 2.24) is 9.55 Å². The van der Waals surface area contributed by atoms with Crippen molar-refractivity contribution in [1.29, 1.82) is 0 Å². The zero-order valence-corrected chi connectivity index (χ0v) is 13.0. The molecule has 0 aliphatic carbocycles. The Hall–Kier alpha value is -2.09. The van der Waals surface area contributed by atoms with Gasteiger partial charge in [-0.15, -0.1) is 0 Å². The molecule has 0 aliphatic heterocycles. The molecule has 0 amide bonds. The SMILES string of the molecule is CCC[C@@H](C)c1cccc(-c2nc3ccccc3n2C)c1. The topological polar surface area (TPSA) is 17.8 Å². The summed E-state index contributed by atoms with van der Waals surface area (Å²) in [4.78, 5) is 4.79. The number of hydrogen-bond acceptors (Lipinski definition) is 1. The minimum atomic E-state index is 0.602. The second-order valence-electron chi connectivity index (χ2n) is 5.80. The molecule has 2 heteroatoms. The van der Waals surface area contributed by atoms with Gasteiger partial charge in [-0.1, -0.05) is 50.6 Å². The molecule has 108 valence electrons. The zero-order valence-electron chi connectivity index (χ0n) is 13.0. The van der Waals surface area contributed by atoms with Crippen molar-refractivity contribution in [2.45, 2.75) is 32.6 Å². The number of fused-ring (bicyclic) bond motifs is 1. The first kappa shape index (κ1) is 13.9. The molecule has 2 aromatic carbocycles. The quantitative estimate of drug-likeness (QED) is 0.645. The molecule has 1 heterocycles. The first-order chi connectivity index (χ1) is 10.2. The number of hydrogen-bond donors (Lipinski definition) is 0. The Kier molecular flexibility index (Phi) is 3.78. The highest BCUT2D eigenvalue weighted by Gasteiger charge is 2.11. The maximum Gasteiger partial charge on any atom is 0.140 e. The summed E-state index contributed by atoms with van der Waals surface area (Å²) in [6.07, 6.45) is 2.45. The number of imidazole rings is 1. The molecule has 0 aliphatic rings. The summed E-state index contributed by atoms with van der Waals surface area (Å²) in [7, 11) is 2.09. The van der Waals surface area contributed by atoms with E-state index < -0.39 is 0 Å². The van der Waals surface area contributed by atoms with Crippen molar-refractivity contribution in [3.05, 3.63) is 54.1 Å². The summed E-state index contributed by atoms with van der Waals surface area (Å²) in [5, 5.41) is 0. The average Bonchev–Trinajstić information content (AvgIpc) is 2.85. The van der Waals surface area contributed by atoms with Crippen LogP contribution in [0.5, 0.6) is 0 Å². The number of rotatable bonds is 4. The molecule has 3 rings (SSSR count). The highest BCUT2D eigenvalue weighted by atomic mass is 15.1. The average molecular weight is 278 g/mol. The largest absolute Gasteiger partial charge is 0.327 e. The number of aromatic nitrogens is 2. The first-order valence-corrected chi connectivity index (χ1v) is 7.72. The van der Waals surface area contributed by atoms with E-state index in [2.05, 4.69) is 67.9 Å². The van der Waals surface area contributed by atoms with Crippen molar-refractivity contribution in [2.75, 3.05) is 0 Å². The molecule has 0 unspecified atom stereocenters. The lowest BCUT2D eigenvalue weighted by molar-refractivity contribution is 0.665. The molecule has 1 atom stereocenters. The molecule has 21 heavy (non-hydrogen) atoms. The van der Waals surface area contributed by atoms with Crippen molar-refractivity contribution in [2.24, 2.45) is 7.05 Å².